The van der Waals surface area contributed by atoms with E-state index in [4.69, 9.17) is 15.3 Å². The van der Waals surface area contributed by atoms with Crippen molar-refractivity contribution in [2.75, 3.05) is 40.4 Å². The number of hydrogen-bond donors (Lipinski definition) is 3. The van der Waals surface area contributed by atoms with E-state index in [0.29, 0.717) is 0 Å². The van der Waals surface area contributed by atoms with Gasteiger partial charge in [-0.25, -0.2) is 0 Å². The molecule has 0 unspecified atom stereocenters. The minimum Gasteiger partial charge on any atom is -0.550 e. The monoisotopic (exact) mass is 924 g/mol. The van der Waals surface area contributed by atoms with E-state index in [1.165, 1.54) is 287 Å². The number of carbonyl (C=O) groups excluding carboxylic acids is 1. The second-order valence-corrected chi connectivity index (χ2v) is 20.7. The number of quaternary nitrogens is 1. The van der Waals surface area contributed by atoms with Gasteiger partial charge in [-0.15, -0.1) is 0 Å². The number of rotatable bonds is 51. The van der Waals surface area contributed by atoms with Gasteiger partial charge in [0.2, 0.25) is 0 Å². The second kappa shape index (κ2) is 61.1. The SMILES string of the molecule is CCCCCCCC/C=C\CCCCCCCC(=O)[O-].CCCCCCCCCCCCCCCCCC[N+](C)(C)CCCCCCCCCCCCCCCCCC.OCC(O)CO. The van der Waals surface area contributed by atoms with Crippen molar-refractivity contribution >= 4 is 5.97 Å². The van der Waals surface area contributed by atoms with Crippen LogP contribution in [0.3, 0.4) is 0 Å². The summed E-state index contributed by atoms with van der Waals surface area (Å²) in [7, 11) is 4.94. The van der Waals surface area contributed by atoms with Crippen molar-refractivity contribution in [3.05, 3.63) is 12.2 Å². The molecular weight excluding hydrogens is 803 g/mol. The average Bonchev–Trinajstić information content (AvgIpc) is 3.30. The zero-order valence-electron chi connectivity index (χ0n) is 45.2. The Kier molecular flexibility index (Phi) is 64.2. The van der Waals surface area contributed by atoms with Crippen LogP contribution in [0, 0.1) is 0 Å². The molecule has 0 aliphatic carbocycles. The van der Waals surface area contributed by atoms with Gasteiger partial charge in [0.1, 0.15) is 6.10 Å². The van der Waals surface area contributed by atoms with E-state index < -0.39 is 12.1 Å². The van der Waals surface area contributed by atoms with Crippen LogP contribution in [0.1, 0.15) is 316 Å². The molecule has 0 saturated heterocycles. The van der Waals surface area contributed by atoms with Crippen LogP contribution >= 0.6 is 0 Å². The number of aliphatic hydroxyl groups excluding tert-OH is 3. The lowest BCUT2D eigenvalue weighted by atomic mass is 10.0. The van der Waals surface area contributed by atoms with Gasteiger partial charge in [-0.2, -0.15) is 0 Å². The molecule has 0 aliphatic rings. The highest BCUT2D eigenvalue weighted by Gasteiger charge is 2.13. The fraction of sp³-hybridized carbons (Fsp3) is 0.949. The summed E-state index contributed by atoms with van der Waals surface area (Å²) in [5.41, 5.74) is 0. The molecule has 65 heavy (non-hydrogen) atoms. The van der Waals surface area contributed by atoms with Crippen LogP contribution in [0.15, 0.2) is 12.2 Å². The van der Waals surface area contributed by atoms with Crippen molar-refractivity contribution in [3.63, 3.8) is 0 Å². The molecule has 392 valence electrons. The van der Waals surface area contributed by atoms with Gasteiger partial charge in [0, 0.05) is 5.97 Å². The van der Waals surface area contributed by atoms with Crippen molar-refractivity contribution in [1.82, 2.24) is 0 Å². The Labute approximate surface area is 409 Å². The van der Waals surface area contributed by atoms with Gasteiger partial charge in [0.25, 0.3) is 0 Å². The van der Waals surface area contributed by atoms with E-state index in [9.17, 15) is 9.90 Å². The molecule has 0 aromatic carbocycles. The van der Waals surface area contributed by atoms with Gasteiger partial charge in [0.15, 0.2) is 0 Å². The quantitative estimate of drug-likeness (QED) is 0.0321. The number of unbranched alkanes of at least 4 members (excludes halogenated alkanes) is 41. The molecule has 0 heterocycles. The molecular formula is C59H121NO5. The van der Waals surface area contributed by atoms with Crippen LogP contribution in [-0.2, 0) is 4.79 Å². The summed E-state index contributed by atoms with van der Waals surface area (Å²) < 4.78 is 1.25. The summed E-state index contributed by atoms with van der Waals surface area (Å²) in [6, 6.07) is 0. The number of nitrogens with zero attached hydrogens (tertiary/aromatic N) is 1. The Hall–Kier alpha value is -0.950. The number of hydrogen-bond acceptors (Lipinski definition) is 5. The molecule has 0 amide bonds. The fourth-order valence-electron chi connectivity index (χ4n) is 8.69. The molecule has 0 bridgehead atoms. The molecule has 0 spiro atoms. The van der Waals surface area contributed by atoms with E-state index in [-0.39, 0.29) is 19.6 Å². The third-order valence-corrected chi connectivity index (χ3v) is 13.3. The number of allylic oxidation sites excluding steroid dienone is 2. The molecule has 6 heteroatoms. The molecule has 0 rings (SSSR count). The third kappa shape index (κ3) is 69.7. The summed E-state index contributed by atoms with van der Waals surface area (Å²) in [6.45, 7) is 8.92. The van der Waals surface area contributed by atoms with Crippen LogP contribution in [0.2, 0.25) is 0 Å². The third-order valence-electron chi connectivity index (χ3n) is 13.3. The fourth-order valence-corrected chi connectivity index (χ4v) is 8.69. The average molecular weight is 925 g/mol. The van der Waals surface area contributed by atoms with E-state index in [0.717, 1.165) is 19.3 Å². The molecule has 0 saturated carbocycles. The minimum absolute atomic E-state index is 0.220. The highest BCUT2D eigenvalue weighted by molar-refractivity contribution is 5.64. The maximum Gasteiger partial charge on any atom is 0.100 e. The highest BCUT2D eigenvalue weighted by Crippen LogP contribution is 2.17. The molecule has 0 atom stereocenters. The Bertz CT molecular complexity index is 837. The van der Waals surface area contributed by atoms with Gasteiger partial charge in [-0.05, 0) is 64.2 Å². The van der Waals surface area contributed by atoms with Gasteiger partial charge < -0.3 is 29.7 Å². The first-order valence-corrected chi connectivity index (χ1v) is 29.3. The van der Waals surface area contributed by atoms with E-state index in [2.05, 4.69) is 47.0 Å². The lowest BCUT2D eigenvalue weighted by molar-refractivity contribution is -0.890. The molecule has 0 fully saturated rings. The zero-order valence-corrected chi connectivity index (χ0v) is 45.2. The summed E-state index contributed by atoms with van der Waals surface area (Å²) in [6.07, 6.45) is 66.9. The number of aliphatic carboxylic acids is 1. The van der Waals surface area contributed by atoms with Crippen LogP contribution in [0.5, 0.6) is 0 Å². The number of carboxylic acid groups (broad SMARTS) is 1. The Balaban J connectivity index is -0.00000122. The molecule has 0 aliphatic heterocycles. The maximum absolute atomic E-state index is 10.2. The van der Waals surface area contributed by atoms with E-state index in [1.807, 2.05) is 0 Å². The molecule has 0 aromatic rings. The lowest BCUT2D eigenvalue weighted by Gasteiger charge is -2.30. The summed E-state index contributed by atoms with van der Waals surface area (Å²) >= 11 is 0. The molecule has 6 nitrogen and oxygen atoms in total. The molecule has 0 radical (unpaired) electrons. The van der Waals surface area contributed by atoms with Crippen LogP contribution in [0.25, 0.3) is 0 Å². The summed E-state index contributed by atoms with van der Waals surface area (Å²) in [5, 5.41) is 34.2. The van der Waals surface area contributed by atoms with E-state index in [1.54, 1.807) is 0 Å². The van der Waals surface area contributed by atoms with Gasteiger partial charge >= 0.3 is 0 Å². The van der Waals surface area contributed by atoms with Crippen molar-refractivity contribution in [3.8, 4) is 0 Å². The first-order chi connectivity index (χ1) is 31.7. The van der Waals surface area contributed by atoms with Crippen LogP contribution in [-0.4, -0.2) is 72.3 Å². The highest BCUT2D eigenvalue weighted by atomic mass is 16.4. The van der Waals surface area contributed by atoms with Crippen molar-refractivity contribution in [2.24, 2.45) is 0 Å². The Morgan fingerprint density at radius 3 is 0.815 bits per heavy atom. The first-order valence-electron chi connectivity index (χ1n) is 29.3. The van der Waals surface area contributed by atoms with Crippen molar-refractivity contribution < 1.29 is 29.7 Å². The second-order valence-electron chi connectivity index (χ2n) is 20.7. The molecule has 0 aromatic heterocycles. The maximum atomic E-state index is 10.2. The number of aliphatic hydroxyl groups is 3. The topological polar surface area (TPSA) is 101 Å². The number of carbonyl (C=O) groups is 1. The van der Waals surface area contributed by atoms with Crippen LogP contribution < -0.4 is 5.11 Å². The van der Waals surface area contributed by atoms with Gasteiger partial charge in [-0.1, -0.05) is 264 Å². The zero-order chi connectivity index (χ0) is 48.4. The summed E-state index contributed by atoms with van der Waals surface area (Å²) in [4.78, 5) is 10.2. The predicted molar refractivity (Wildman–Crippen MR) is 286 cm³/mol. The Morgan fingerprint density at radius 1 is 0.385 bits per heavy atom. The smallest absolute Gasteiger partial charge is 0.100 e. The normalized spacial score (nSPS) is 11.6. The van der Waals surface area contributed by atoms with Gasteiger partial charge in [0.05, 0.1) is 40.4 Å². The summed E-state index contributed by atoms with van der Waals surface area (Å²) in [5.74, 6) is -0.914. The molecule has 3 N–H and O–H groups in total. The first kappa shape index (κ1) is 68.3. The predicted octanol–water partition coefficient (Wildman–Crippen LogP) is 16.7. The Morgan fingerprint density at radius 2 is 0.600 bits per heavy atom. The van der Waals surface area contributed by atoms with E-state index >= 15 is 0 Å². The lowest BCUT2D eigenvalue weighted by Crippen LogP contribution is -2.41. The largest absolute Gasteiger partial charge is 0.550 e. The van der Waals surface area contributed by atoms with Gasteiger partial charge in [-0.3, -0.25) is 0 Å². The standard InChI is InChI=1S/C38H80N.C18H34O2.C3H8O3/c1-5-7-9-11-13-15-17-19-21-23-25-27-29-31-33-35-37-39(3,4)38-36-34-32-30-28-26-24-22-20-18-16-14-12-10-8-6-2;1-2-3-4-5-6-7-8-9-10-11-12-13-14-15-16-17-18(19)20;4-1-3(6)2-5/h5-38H2,1-4H3;9-10H,2-8,11-17H2,1H3,(H,19,20);3-6H,1-2H2/q+1;;/p-1/b;10-9-;. The number of carboxylic acids is 1. The minimum atomic E-state index is -0.954. The van der Waals surface area contributed by atoms with Crippen molar-refractivity contribution in [1.29, 1.82) is 0 Å². The van der Waals surface area contributed by atoms with Crippen LogP contribution in [0.4, 0.5) is 0 Å². The van der Waals surface area contributed by atoms with Crippen molar-refractivity contribution in [2.45, 2.75) is 322 Å².